The van der Waals surface area contributed by atoms with Crippen molar-refractivity contribution in [2.24, 2.45) is 0 Å². The molecule has 0 N–H and O–H groups in total. The molecule has 0 amide bonds. The lowest BCUT2D eigenvalue weighted by atomic mass is 9.81. The monoisotopic (exact) mass is 676 g/mol. The molecule has 9 aromatic carbocycles. The summed E-state index contributed by atoms with van der Waals surface area (Å²) in [7, 11) is 0. The van der Waals surface area contributed by atoms with Crippen LogP contribution in [0.15, 0.2) is 106 Å². The first-order valence-electron chi connectivity index (χ1n) is 17.7. The molecule has 0 atom stereocenters. The number of fused-ring (bicyclic) bond motifs is 10. The van der Waals surface area contributed by atoms with E-state index in [0.29, 0.717) is 0 Å². The molecule has 0 radical (unpaired) electrons. The van der Waals surface area contributed by atoms with E-state index in [4.69, 9.17) is 0 Å². The minimum absolute atomic E-state index is 0.0810. The molecule has 240 valence electrons. The number of hydrogen-bond acceptors (Lipinski definition) is 2. The third kappa shape index (κ3) is 3.76. The Kier molecular flexibility index (Phi) is 5.52. The van der Waals surface area contributed by atoms with E-state index in [1.165, 1.54) is 119 Å². The largest absolute Gasteiger partial charge is 0.151 e. The first-order chi connectivity index (χ1) is 24.0. The van der Waals surface area contributed by atoms with Crippen LogP contribution in [0.1, 0.15) is 52.7 Å². The first-order valence-corrected chi connectivity index (χ1v) is 19.6. The van der Waals surface area contributed by atoms with Gasteiger partial charge in [0.15, 0.2) is 0 Å². The number of thiophene rings is 2. The molecule has 2 aromatic heterocycles. The fourth-order valence-electron chi connectivity index (χ4n) is 9.05. The minimum atomic E-state index is 0.0810. The fourth-order valence-corrected chi connectivity index (χ4v) is 10.7. The molecule has 0 unspecified atom stereocenters. The standard InChI is InChI=1S/C48H36S2/c1-47(2,3)31-15-25-7-9-29-19-35-37-21-49-23-39(37)40-24-50-22-38(40)36-20-30-10-8-26-16-32(48(4,5)6)18-28-12-14-34(44(30)42(26)28)46(36)45(35)33-13-11-27(17-31)41(25)43(29)33/h7-24H,1-6H3. The Balaban J connectivity index is 1.45. The van der Waals surface area contributed by atoms with Crippen molar-refractivity contribution in [2.45, 2.75) is 52.4 Å². The molecular formula is C48H36S2. The molecule has 11 rings (SSSR count). The lowest BCUT2D eigenvalue weighted by Gasteiger charge is -2.23. The van der Waals surface area contributed by atoms with E-state index in [0.717, 1.165) is 0 Å². The highest BCUT2D eigenvalue weighted by atomic mass is 32.1. The normalized spacial score (nSPS) is 13.4. The summed E-state index contributed by atoms with van der Waals surface area (Å²) in [5.74, 6) is 0. The Morgan fingerprint density at radius 2 is 0.600 bits per heavy atom. The van der Waals surface area contributed by atoms with Crippen molar-refractivity contribution < 1.29 is 0 Å². The molecule has 11 aromatic rings. The highest BCUT2D eigenvalue weighted by Crippen LogP contribution is 2.49. The van der Waals surface area contributed by atoms with E-state index in [2.05, 4.69) is 148 Å². The second-order valence-corrected chi connectivity index (χ2v) is 18.1. The van der Waals surface area contributed by atoms with E-state index in [1.807, 2.05) is 22.7 Å². The lowest BCUT2D eigenvalue weighted by Crippen LogP contribution is -2.10. The molecule has 0 saturated carbocycles. The van der Waals surface area contributed by atoms with Crippen LogP contribution in [0.4, 0.5) is 0 Å². The maximum absolute atomic E-state index is 2.51. The van der Waals surface area contributed by atoms with Crippen LogP contribution in [0, 0.1) is 0 Å². The van der Waals surface area contributed by atoms with Crippen LogP contribution in [0.3, 0.4) is 0 Å². The SMILES string of the molecule is CC(C)(C)c1cc2ccc3cc4c5cscc5c5cscc5c5cc6ccc7cc(C(C)(C)C)cc8ccc(c6c78)c5c4c4ccc(c1)c2c34. The first kappa shape index (κ1) is 29.0. The van der Waals surface area contributed by atoms with Gasteiger partial charge >= 0.3 is 0 Å². The topological polar surface area (TPSA) is 0 Å². The van der Waals surface area contributed by atoms with Crippen LogP contribution in [0.5, 0.6) is 0 Å². The van der Waals surface area contributed by atoms with Crippen molar-refractivity contribution in [3.8, 4) is 0 Å². The highest BCUT2D eigenvalue weighted by molar-refractivity contribution is 7.10. The Hall–Kier alpha value is -4.76. The fraction of sp³-hybridized carbons (Fsp3) is 0.167. The molecule has 0 saturated heterocycles. The van der Waals surface area contributed by atoms with Gasteiger partial charge in [0.1, 0.15) is 0 Å². The Morgan fingerprint density at radius 1 is 0.300 bits per heavy atom. The molecule has 0 aliphatic heterocycles. The van der Waals surface area contributed by atoms with Gasteiger partial charge in [0.2, 0.25) is 0 Å². The van der Waals surface area contributed by atoms with Crippen LogP contribution in [-0.4, -0.2) is 0 Å². The molecule has 50 heavy (non-hydrogen) atoms. The van der Waals surface area contributed by atoms with Crippen molar-refractivity contribution in [3.05, 3.63) is 118 Å². The second kappa shape index (κ2) is 9.51. The molecule has 0 nitrogen and oxygen atoms in total. The quantitative estimate of drug-likeness (QED) is 0.140. The van der Waals surface area contributed by atoms with E-state index < -0.39 is 0 Å². The number of rotatable bonds is 0. The maximum atomic E-state index is 2.51. The van der Waals surface area contributed by atoms with Crippen molar-refractivity contribution in [1.82, 2.24) is 0 Å². The predicted octanol–water partition coefficient (Wildman–Crippen LogP) is 15.4. The molecule has 0 bridgehead atoms. The third-order valence-corrected chi connectivity index (χ3v) is 13.1. The van der Waals surface area contributed by atoms with Crippen LogP contribution < -0.4 is 0 Å². The van der Waals surface area contributed by atoms with E-state index in [1.54, 1.807) is 0 Å². The Morgan fingerprint density at radius 3 is 0.940 bits per heavy atom. The van der Waals surface area contributed by atoms with Gasteiger partial charge in [-0.2, -0.15) is 22.7 Å². The molecule has 0 aliphatic carbocycles. The summed E-state index contributed by atoms with van der Waals surface area (Å²) in [6.45, 7) is 13.9. The smallest absolute Gasteiger partial charge is 0.00167 e. The van der Waals surface area contributed by atoms with Gasteiger partial charge in [0, 0.05) is 21.5 Å². The molecule has 2 heterocycles. The van der Waals surface area contributed by atoms with Crippen LogP contribution >= 0.6 is 22.7 Å². The van der Waals surface area contributed by atoms with E-state index >= 15 is 0 Å². The van der Waals surface area contributed by atoms with Crippen LogP contribution in [0.25, 0.3) is 108 Å². The predicted molar refractivity (Wildman–Crippen MR) is 226 cm³/mol. The average Bonchev–Trinajstić information content (AvgIpc) is 3.77. The van der Waals surface area contributed by atoms with Crippen molar-refractivity contribution in [3.63, 3.8) is 0 Å². The second-order valence-electron chi connectivity index (χ2n) is 16.6. The van der Waals surface area contributed by atoms with Crippen molar-refractivity contribution in [1.29, 1.82) is 0 Å². The zero-order valence-electron chi connectivity index (χ0n) is 29.2. The van der Waals surface area contributed by atoms with Gasteiger partial charge in [0.05, 0.1) is 0 Å². The highest BCUT2D eigenvalue weighted by Gasteiger charge is 2.22. The summed E-state index contributed by atoms with van der Waals surface area (Å²) in [4.78, 5) is 0. The Bertz CT molecular complexity index is 3000. The number of benzene rings is 8. The lowest BCUT2D eigenvalue weighted by molar-refractivity contribution is 0.591. The zero-order valence-corrected chi connectivity index (χ0v) is 30.8. The minimum Gasteiger partial charge on any atom is -0.151 e. The summed E-state index contributed by atoms with van der Waals surface area (Å²) >= 11 is 3.64. The van der Waals surface area contributed by atoms with Crippen molar-refractivity contribution >= 4 is 130 Å². The van der Waals surface area contributed by atoms with Gasteiger partial charge in [0.25, 0.3) is 0 Å². The summed E-state index contributed by atoms with van der Waals surface area (Å²) in [6, 6.07) is 33.9. The summed E-state index contributed by atoms with van der Waals surface area (Å²) in [5, 5.41) is 36.5. The van der Waals surface area contributed by atoms with Gasteiger partial charge in [-0.15, -0.1) is 0 Å². The number of hydrogen-bond donors (Lipinski definition) is 0. The summed E-state index contributed by atoms with van der Waals surface area (Å²) in [6.07, 6.45) is 0. The zero-order chi connectivity index (χ0) is 33.8. The molecule has 2 heteroatoms. The van der Waals surface area contributed by atoms with E-state index in [-0.39, 0.29) is 10.8 Å². The van der Waals surface area contributed by atoms with Crippen LogP contribution in [-0.2, 0) is 10.8 Å². The van der Waals surface area contributed by atoms with Gasteiger partial charge in [-0.25, -0.2) is 0 Å². The van der Waals surface area contributed by atoms with Crippen LogP contribution in [0.2, 0.25) is 0 Å². The summed E-state index contributed by atoms with van der Waals surface area (Å²) < 4.78 is 0. The van der Waals surface area contributed by atoms with Gasteiger partial charge in [-0.3, -0.25) is 0 Å². The molecule has 0 spiro atoms. The molecular weight excluding hydrogens is 641 g/mol. The summed E-state index contributed by atoms with van der Waals surface area (Å²) in [5.41, 5.74) is 2.93. The maximum Gasteiger partial charge on any atom is 0.00167 e. The Labute approximate surface area is 298 Å². The van der Waals surface area contributed by atoms with Crippen molar-refractivity contribution in [2.75, 3.05) is 0 Å². The average molecular weight is 677 g/mol. The van der Waals surface area contributed by atoms with Gasteiger partial charge in [-0.05, 0) is 142 Å². The van der Waals surface area contributed by atoms with E-state index in [9.17, 15) is 0 Å². The third-order valence-electron chi connectivity index (χ3n) is 11.6. The van der Waals surface area contributed by atoms with Gasteiger partial charge in [-0.1, -0.05) is 114 Å². The molecule has 0 fully saturated rings. The van der Waals surface area contributed by atoms with Gasteiger partial charge < -0.3 is 0 Å². The molecule has 0 aliphatic rings.